The number of carbonyl (C=O) groups is 2. The van der Waals surface area contributed by atoms with Crippen molar-refractivity contribution >= 4 is 33.2 Å². The second-order valence-corrected chi connectivity index (χ2v) is 17.1. The van der Waals surface area contributed by atoms with Gasteiger partial charge in [0.1, 0.15) is 5.60 Å². The number of benzene rings is 1. The summed E-state index contributed by atoms with van der Waals surface area (Å²) in [5.41, 5.74) is 1.22. The third-order valence-corrected chi connectivity index (χ3v) is 11.6. The number of ether oxygens (including phenoxy) is 2. The van der Waals surface area contributed by atoms with Crippen LogP contribution in [0.15, 0.2) is 29.2 Å². The summed E-state index contributed by atoms with van der Waals surface area (Å²) >= 11 is 1.42. The van der Waals surface area contributed by atoms with Gasteiger partial charge in [-0.15, -0.1) is 11.3 Å². The van der Waals surface area contributed by atoms with Gasteiger partial charge in [0.2, 0.25) is 0 Å². The highest BCUT2D eigenvalue weighted by molar-refractivity contribution is 7.91. The van der Waals surface area contributed by atoms with Crippen LogP contribution < -0.4 is 5.32 Å². The third kappa shape index (κ3) is 8.64. The molecule has 5 rings (SSSR count). The van der Waals surface area contributed by atoms with Gasteiger partial charge in [0.15, 0.2) is 14.8 Å². The fraction of sp³-hybridized carbons (Fsp3) is 0.667. The summed E-state index contributed by atoms with van der Waals surface area (Å²) in [7, 11) is -3.31. The Morgan fingerprint density at radius 3 is 2.53 bits per heavy atom. The Morgan fingerprint density at radius 1 is 1.16 bits per heavy atom. The Labute approximate surface area is 271 Å². The lowest BCUT2D eigenvalue weighted by molar-refractivity contribution is -0.0578. The van der Waals surface area contributed by atoms with E-state index in [0.717, 1.165) is 35.4 Å². The monoisotopic (exact) mass is 660 g/mol. The lowest BCUT2D eigenvalue weighted by Gasteiger charge is -2.37. The van der Waals surface area contributed by atoms with Gasteiger partial charge in [0.25, 0.3) is 5.91 Å². The predicted molar refractivity (Wildman–Crippen MR) is 174 cm³/mol. The van der Waals surface area contributed by atoms with Crippen molar-refractivity contribution in [2.45, 2.75) is 102 Å². The molecule has 1 saturated heterocycles. The number of rotatable bonds is 10. The Morgan fingerprint density at radius 2 is 1.87 bits per heavy atom. The highest BCUT2D eigenvalue weighted by atomic mass is 32.2. The van der Waals surface area contributed by atoms with Crippen LogP contribution in [-0.2, 0) is 32.4 Å². The van der Waals surface area contributed by atoms with E-state index in [1.165, 1.54) is 24.2 Å². The summed E-state index contributed by atoms with van der Waals surface area (Å²) in [6.45, 7) is 13.0. The van der Waals surface area contributed by atoms with Crippen molar-refractivity contribution < 1.29 is 27.5 Å². The molecule has 2 amide bonds. The maximum Gasteiger partial charge on any atom is 0.410 e. The van der Waals surface area contributed by atoms with Crippen LogP contribution in [0.2, 0.25) is 0 Å². The van der Waals surface area contributed by atoms with Gasteiger partial charge in [-0.05, 0) is 56.7 Å². The molecule has 3 aliphatic rings. The topological polar surface area (TPSA) is 118 Å². The zero-order chi connectivity index (χ0) is 32.4. The maximum absolute atomic E-state index is 13.1. The Hall–Kier alpha value is -2.54. The first-order valence-electron chi connectivity index (χ1n) is 16.2. The Balaban J connectivity index is 1.14. The van der Waals surface area contributed by atoms with Crippen molar-refractivity contribution in [1.29, 1.82) is 0 Å². The van der Waals surface area contributed by atoms with Crippen LogP contribution in [0, 0.1) is 11.8 Å². The normalized spacial score (nSPS) is 21.3. The van der Waals surface area contributed by atoms with Crippen LogP contribution in [0.3, 0.4) is 0 Å². The van der Waals surface area contributed by atoms with Gasteiger partial charge in [0, 0.05) is 31.1 Å². The van der Waals surface area contributed by atoms with Gasteiger partial charge in [-0.3, -0.25) is 9.69 Å². The summed E-state index contributed by atoms with van der Waals surface area (Å²) in [4.78, 5) is 36.0. The molecular formula is C33H48N4O6S2. The minimum Gasteiger partial charge on any atom is -0.444 e. The number of fused-ring (bicyclic) bond motifs is 1. The van der Waals surface area contributed by atoms with Crippen LogP contribution in [0.4, 0.5) is 4.79 Å². The van der Waals surface area contributed by atoms with E-state index in [2.05, 4.69) is 24.1 Å². The molecule has 3 heterocycles. The second kappa shape index (κ2) is 14.1. The van der Waals surface area contributed by atoms with Crippen molar-refractivity contribution in [3.05, 3.63) is 45.4 Å². The molecule has 1 aliphatic carbocycles. The van der Waals surface area contributed by atoms with Crippen molar-refractivity contribution in [3.8, 4) is 0 Å². The van der Waals surface area contributed by atoms with E-state index in [1.807, 2.05) is 20.8 Å². The van der Waals surface area contributed by atoms with Gasteiger partial charge in [-0.25, -0.2) is 18.2 Å². The van der Waals surface area contributed by atoms with Gasteiger partial charge >= 0.3 is 6.09 Å². The number of morpholine rings is 1. The predicted octanol–water partition coefficient (Wildman–Crippen LogP) is 5.58. The average molecular weight is 661 g/mol. The van der Waals surface area contributed by atoms with Gasteiger partial charge in [-0.2, -0.15) is 0 Å². The van der Waals surface area contributed by atoms with Crippen LogP contribution in [0.1, 0.15) is 98.7 Å². The number of hydrogen-bond donors (Lipinski definition) is 1. The van der Waals surface area contributed by atoms with E-state index in [-0.39, 0.29) is 35.8 Å². The number of hydrogen-bond acceptors (Lipinski definition) is 9. The molecule has 248 valence electrons. The Kier molecular flexibility index (Phi) is 10.6. The summed E-state index contributed by atoms with van der Waals surface area (Å²) in [6, 6.07) is 6.88. The highest BCUT2D eigenvalue weighted by Gasteiger charge is 2.39. The number of nitrogens with zero attached hydrogens (tertiary/aromatic N) is 3. The quantitative estimate of drug-likeness (QED) is 0.351. The first kappa shape index (κ1) is 33.8. The highest BCUT2D eigenvalue weighted by Crippen LogP contribution is 2.41. The smallest absolute Gasteiger partial charge is 0.410 e. The number of nitrogens with one attached hydrogen (secondary N) is 1. The zero-order valence-electron chi connectivity index (χ0n) is 27.2. The van der Waals surface area contributed by atoms with Crippen LogP contribution in [0.25, 0.3) is 0 Å². The van der Waals surface area contributed by atoms with Gasteiger partial charge in [-0.1, -0.05) is 51.7 Å². The first-order chi connectivity index (χ1) is 21.3. The fourth-order valence-corrected chi connectivity index (χ4v) is 9.04. The number of sulfone groups is 1. The van der Waals surface area contributed by atoms with Crippen molar-refractivity contribution in [3.63, 3.8) is 0 Å². The molecule has 0 bridgehead atoms. The van der Waals surface area contributed by atoms with Crippen molar-refractivity contribution in [2.24, 2.45) is 11.8 Å². The van der Waals surface area contributed by atoms with Gasteiger partial charge in [0.05, 0.1) is 41.6 Å². The molecule has 45 heavy (non-hydrogen) atoms. The second-order valence-electron chi connectivity index (χ2n) is 13.9. The van der Waals surface area contributed by atoms with E-state index >= 15 is 0 Å². The summed E-state index contributed by atoms with van der Waals surface area (Å²) in [6.07, 6.45) is 4.96. The standard InChI is InChI=1S/C33H48N4O6S2/c1-22(2)29-28-27(21-37(29)20-25-19-36(15-16-42-25)32(39)43-33(3,4)5)44-31(35-28)30(38)34-18-24-10-12-26(13-11-24)45(40,41)17-14-23-8-6-7-9-23/h10-13,22-23,25,29H,6-9,14-21H2,1-5H3,(H,34,38)/t25?,29-/m0/s1. The SMILES string of the molecule is CC(C)[C@H]1c2nc(C(=O)NCc3ccc(S(=O)(=O)CCC4CCCC4)cc3)sc2CN1CC1CN(C(=O)OC(C)(C)C)CCO1. The zero-order valence-corrected chi connectivity index (χ0v) is 28.8. The lowest BCUT2D eigenvalue weighted by atomic mass is 10.0. The molecule has 1 saturated carbocycles. The minimum absolute atomic E-state index is 0.0430. The van der Waals surface area contributed by atoms with Crippen molar-refractivity contribution in [1.82, 2.24) is 20.1 Å². The minimum atomic E-state index is -3.31. The molecule has 0 radical (unpaired) electrons. The summed E-state index contributed by atoms with van der Waals surface area (Å²) in [5.74, 6) is 0.751. The van der Waals surface area contributed by atoms with Crippen molar-refractivity contribution in [2.75, 3.05) is 32.0 Å². The summed E-state index contributed by atoms with van der Waals surface area (Å²) in [5, 5.41) is 3.39. The third-order valence-electron chi connectivity index (χ3n) is 8.81. The van der Waals surface area contributed by atoms with E-state index in [9.17, 15) is 18.0 Å². The number of carbonyl (C=O) groups excluding carboxylic acids is 2. The molecule has 10 nitrogen and oxygen atoms in total. The summed E-state index contributed by atoms with van der Waals surface area (Å²) < 4.78 is 37.2. The molecule has 2 atom stereocenters. The largest absolute Gasteiger partial charge is 0.444 e. The van der Waals surface area contributed by atoms with Crippen LogP contribution in [0.5, 0.6) is 0 Å². The van der Waals surface area contributed by atoms with E-state index in [1.54, 1.807) is 29.2 Å². The number of aromatic nitrogens is 1. The van der Waals surface area contributed by atoms with E-state index < -0.39 is 15.4 Å². The molecule has 2 fully saturated rings. The van der Waals surface area contributed by atoms with E-state index in [0.29, 0.717) is 55.2 Å². The molecule has 12 heteroatoms. The molecule has 1 unspecified atom stereocenters. The number of amides is 2. The lowest BCUT2D eigenvalue weighted by Crippen LogP contribution is -2.50. The van der Waals surface area contributed by atoms with E-state index in [4.69, 9.17) is 14.5 Å². The van der Waals surface area contributed by atoms with Crippen LogP contribution in [-0.4, -0.2) is 78.9 Å². The Bertz CT molecular complexity index is 1440. The maximum atomic E-state index is 13.1. The molecular weight excluding hydrogens is 613 g/mol. The van der Waals surface area contributed by atoms with Crippen LogP contribution >= 0.6 is 11.3 Å². The molecule has 1 N–H and O–H groups in total. The fourth-order valence-electron chi connectivity index (χ4n) is 6.57. The molecule has 2 aliphatic heterocycles. The molecule has 1 aromatic heterocycles. The molecule has 1 aromatic carbocycles. The number of thiazole rings is 1. The average Bonchev–Trinajstić information content (AvgIpc) is 3.71. The first-order valence-corrected chi connectivity index (χ1v) is 18.7. The van der Waals surface area contributed by atoms with Gasteiger partial charge < -0.3 is 19.7 Å². The molecule has 2 aromatic rings. The molecule has 0 spiro atoms.